The predicted molar refractivity (Wildman–Crippen MR) is 85.6 cm³/mol. The van der Waals surface area contributed by atoms with Crippen molar-refractivity contribution < 1.29 is 24.6 Å². The van der Waals surface area contributed by atoms with E-state index in [-0.39, 0.29) is 24.6 Å². The summed E-state index contributed by atoms with van der Waals surface area (Å²) in [5.74, 6) is -2.80. The number of carboxylic acids is 1. The van der Waals surface area contributed by atoms with E-state index < -0.39 is 30.4 Å². The lowest BCUT2D eigenvalue weighted by Crippen LogP contribution is -2.45. The van der Waals surface area contributed by atoms with Crippen LogP contribution in [0.2, 0.25) is 0 Å². The number of aliphatic hydroxyl groups is 1. The Morgan fingerprint density at radius 1 is 1.29 bits per heavy atom. The maximum absolute atomic E-state index is 12.0. The van der Waals surface area contributed by atoms with Gasteiger partial charge in [-0.1, -0.05) is 6.07 Å². The molecule has 1 aromatic carbocycles. The molecule has 10 nitrogen and oxygen atoms in total. The van der Waals surface area contributed by atoms with Gasteiger partial charge in [-0.15, -0.1) is 0 Å². The van der Waals surface area contributed by atoms with Crippen LogP contribution in [0.5, 0.6) is 0 Å². The molecular formula is C14H19N5O5. The number of guanidine groups is 1. The molecule has 0 radical (unpaired) electrons. The predicted octanol–water partition coefficient (Wildman–Crippen LogP) is -1.33. The van der Waals surface area contributed by atoms with E-state index in [1.807, 2.05) is 0 Å². The number of benzene rings is 1. The van der Waals surface area contributed by atoms with Crippen LogP contribution >= 0.6 is 0 Å². The van der Waals surface area contributed by atoms with E-state index in [0.29, 0.717) is 5.69 Å². The van der Waals surface area contributed by atoms with Gasteiger partial charge >= 0.3 is 5.97 Å². The minimum absolute atomic E-state index is 0.131. The number of anilines is 1. The minimum atomic E-state index is -1.27. The Kier molecular flexibility index (Phi) is 7.17. The van der Waals surface area contributed by atoms with Gasteiger partial charge in [-0.25, -0.2) is 4.79 Å². The Morgan fingerprint density at radius 2 is 2.00 bits per heavy atom. The first-order valence-electron chi connectivity index (χ1n) is 6.95. The number of rotatable bonds is 8. The summed E-state index contributed by atoms with van der Waals surface area (Å²) in [5.41, 5.74) is 5.87. The first-order valence-corrected chi connectivity index (χ1v) is 6.95. The van der Waals surface area contributed by atoms with Crippen molar-refractivity contribution in [2.45, 2.75) is 12.5 Å². The molecule has 0 saturated carbocycles. The number of nitrogens with two attached hydrogens (primary N) is 1. The molecule has 130 valence electrons. The third-order valence-corrected chi connectivity index (χ3v) is 2.86. The van der Waals surface area contributed by atoms with E-state index in [9.17, 15) is 14.4 Å². The van der Waals surface area contributed by atoms with Crippen molar-refractivity contribution in [2.75, 3.05) is 18.5 Å². The van der Waals surface area contributed by atoms with Crippen molar-refractivity contribution in [3.63, 3.8) is 0 Å². The van der Waals surface area contributed by atoms with Crippen LogP contribution < -0.4 is 21.7 Å². The summed E-state index contributed by atoms with van der Waals surface area (Å²) in [6.45, 7) is -0.808. The Labute approximate surface area is 137 Å². The van der Waals surface area contributed by atoms with Crippen LogP contribution in [0.4, 0.5) is 5.69 Å². The van der Waals surface area contributed by atoms with Crippen LogP contribution in [-0.4, -0.2) is 53.1 Å². The first kappa shape index (κ1) is 18.9. The second-order valence-electron chi connectivity index (χ2n) is 4.77. The number of aliphatic hydroxyl groups excluding tert-OH is 1. The Morgan fingerprint density at radius 3 is 2.58 bits per heavy atom. The summed E-state index contributed by atoms with van der Waals surface area (Å²) in [4.78, 5) is 34.5. The molecule has 0 spiro atoms. The van der Waals surface area contributed by atoms with Crippen molar-refractivity contribution in [1.82, 2.24) is 10.6 Å². The second-order valence-corrected chi connectivity index (χ2v) is 4.77. The van der Waals surface area contributed by atoms with Crippen LogP contribution in [0.1, 0.15) is 16.8 Å². The van der Waals surface area contributed by atoms with Gasteiger partial charge in [0.15, 0.2) is 5.96 Å². The maximum atomic E-state index is 12.0. The molecule has 24 heavy (non-hydrogen) atoms. The van der Waals surface area contributed by atoms with Crippen LogP contribution in [0.3, 0.4) is 0 Å². The molecule has 1 rings (SSSR count). The van der Waals surface area contributed by atoms with E-state index in [0.717, 1.165) is 0 Å². The maximum Gasteiger partial charge on any atom is 0.326 e. The van der Waals surface area contributed by atoms with Crippen molar-refractivity contribution in [3.05, 3.63) is 29.8 Å². The van der Waals surface area contributed by atoms with Crippen LogP contribution in [0, 0.1) is 5.41 Å². The van der Waals surface area contributed by atoms with Gasteiger partial charge in [-0.2, -0.15) is 0 Å². The van der Waals surface area contributed by atoms with Gasteiger partial charge in [0.25, 0.3) is 5.91 Å². The Bertz CT molecular complexity index is 634. The van der Waals surface area contributed by atoms with Crippen molar-refractivity contribution in [3.8, 4) is 0 Å². The summed E-state index contributed by atoms with van der Waals surface area (Å²) >= 11 is 0. The third-order valence-electron chi connectivity index (χ3n) is 2.86. The SMILES string of the molecule is N=C(N)Nc1cccc(C(=O)NCC(=O)NC(CCO)C(=O)O)c1. The molecule has 0 aliphatic carbocycles. The molecule has 0 aliphatic rings. The largest absolute Gasteiger partial charge is 0.480 e. The lowest BCUT2D eigenvalue weighted by molar-refractivity contribution is -0.142. The Balaban J connectivity index is 2.57. The number of aliphatic carboxylic acids is 1. The summed E-state index contributed by atoms with van der Waals surface area (Å²) in [7, 11) is 0. The quantitative estimate of drug-likeness (QED) is 0.227. The number of carbonyl (C=O) groups excluding carboxylic acids is 2. The van der Waals surface area contributed by atoms with Gasteiger partial charge in [0, 0.05) is 24.3 Å². The van der Waals surface area contributed by atoms with E-state index >= 15 is 0 Å². The summed E-state index contributed by atoms with van der Waals surface area (Å²) < 4.78 is 0. The topological polar surface area (TPSA) is 178 Å². The number of amides is 2. The zero-order valence-electron chi connectivity index (χ0n) is 12.7. The molecule has 10 heteroatoms. The second kappa shape index (κ2) is 9.10. The molecular weight excluding hydrogens is 318 g/mol. The number of nitrogens with one attached hydrogen (secondary N) is 4. The summed E-state index contributed by atoms with van der Waals surface area (Å²) in [6.07, 6.45) is -0.131. The average Bonchev–Trinajstić information content (AvgIpc) is 2.51. The first-order chi connectivity index (χ1) is 11.3. The van der Waals surface area contributed by atoms with E-state index in [1.165, 1.54) is 12.1 Å². The lowest BCUT2D eigenvalue weighted by Gasteiger charge is -2.13. The molecule has 0 fully saturated rings. The van der Waals surface area contributed by atoms with Crippen molar-refractivity contribution in [1.29, 1.82) is 5.41 Å². The number of carbonyl (C=O) groups is 3. The number of hydrogen-bond acceptors (Lipinski definition) is 5. The highest BCUT2D eigenvalue weighted by atomic mass is 16.4. The lowest BCUT2D eigenvalue weighted by atomic mass is 10.2. The fourth-order valence-electron chi connectivity index (χ4n) is 1.79. The van der Waals surface area contributed by atoms with E-state index in [4.69, 9.17) is 21.4 Å². The van der Waals surface area contributed by atoms with Crippen LogP contribution in [-0.2, 0) is 9.59 Å². The smallest absolute Gasteiger partial charge is 0.326 e. The standard InChI is InChI=1S/C14H19N5O5/c15-14(16)18-9-3-1-2-8(6-9)12(22)17-7-11(21)19-10(4-5-20)13(23)24/h1-3,6,10,20H,4-5,7H2,(H,17,22)(H,19,21)(H,23,24)(H4,15,16,18). The zero-order chi connectivity index (χ0) is 18.1. The van der Waals surface area contributed by atoms with E-state index in [2.05, 4.69) is 16.0 Å². The fraction of sp³-hybridized carbons (Fsp3) is 0.286. The third kappa shape index (κ3) is 6.32. The fourth-order valence-corrected chi connectivity index (χ4v) is 1.79. The molecule has 0 aromatic heterocycles. The highest BCUT2D eigenvalue weighted by molar-refractivity contribution is 5.98. The van der Waals surface area contributed by atoms with Crippen molar-refractivity contribution in [2.24, 2.45) is 5.73 Å². The highest BCUT2D eigenvalue weighted by Crippen LogP contribution is 2.10. The molecule has 1 unspecified atom stereocenters. The van der Waals surface area contributed by atoms with Crippen LogP contribution in [0.25, 0.3) is 0 Å². The van der Waals surface area contributed by atoms with E-state index in [1.54, 1.807) is 12.1 Å². The molecule has 8 N–H and O–H groups in total. The van der Waals surface area contributed by atoms with Gasteiger partial charge < -0.3 is 31.9 Å². The van der Waals surface area contributed by atoms with Gasteiger partial charge in [0.2, 0.25) is 5.91 Å². The zero-order valence-corrected chi connectivity index (χ0v) is 12.7. The summed E-state index contributed by atoms with van der Waals surface area (Å²) in [5, 5.41) is 31.8. The molecule has 0 heterocycles. The Hall–Kier alpha value is -3.14. The molecule has 1 aromatic rings. The van der Waals surface area contributed by atoms with Crippen LogP contribution in [0.15, 0.2) is 24.3 Å². The van der Waals surface area contributed by atoms with Gasteiger partial charge in [-0.3, -0.25) is 15.0 Å². The minimum Gasteiger partial charge on any atom is -0.480 e. The monoisotopic (exact) mass is 337 g/mol. The molecule has 2 amide bonds. The normalized spacial score (nSPS) is 11.2. The van der Waals surface area contributed by atoms with Gasteiger partial charge in [0.05, 0.1) is 6.54 Å². The van der Waals surface area contributed by atoms with Gasteiger partial charge in [0.1, 0.15) is 6.04 Å². The molecule has 0 bridgehead atoms. The summed E-state index contributed by atoms with van der Waals surface area (Å²) in [6, 6.07) is 4.91. The molecule has 1 atom stereocenters. The molecule has 0 saturated heterocycles. The number of hydrogen-bond donors (Lipinski definition) is 7. The van der Waals surface area contributed by atoms with Gasteiger partial charge in [-0.05, 0) is 18.2 Å². The highest BCUT2D eigenvalue weighted by Gasteiger charge is 2.19. The van der Waals surface area contributed by atoms with Crippen molar-refractivity contribution >= 4 is 29.4 Å². The number of carboxylic acid groups (broad SMARTS) is 1. The molecule has 0 aliphatic heterocycles. The average molecular weight is 337 g/mol.